The highest BCUT2D eigenvalue weighted by molar-refractivity contribution is 6.15. The van der Waals surface area contributed by atoms with Gasteiger partial charge in [-0.25, -0.2) is 8.78 Å². The van der Waals surface area contributed by atoms with E-state index in [1.54, 1.807) is 30.3 Å². The molecule has 0 amide bonds. The fourth-order valence-electron chi connectivity index (χ4n) is 3.72. The number of pyridine rings is 1. The van der Waals surface area contributed by atoms with Gasteiger partial charge in [-0.2, -0.15) is 0 Å². The lowest BCUT2D eigenvalue weighted by Gasteiger charge is -2.44. The Labute approximate surface area is 155 Å². The molecule has 3 aromatic rings. The fraction of sp³-hybridized carbons (Fsp3) is 0.273. The van der Waals surface area contributed by atoms with Crippen LogP contribution in [0, 0.1) is 11.6 Å². The molecule has 138 valence electrons. The zero-order chi connectivity index (χ0) is 19.6. The molecular formula is C22H20F2N2O. The van der Waals surface area contributed by atoms with Gasteiger partial charge in [0.05, 0.1) is 22.3 Å². The summed E-state index contributed by atoms with van der Waals surface area (Å²) in [4.78, 5) is 20.2. The van der Waals surface area contributed by atoms with E-state index < -0.39 is 22.3 Å². The molecule has 0 bridgehead atoms. The Bertz CT molecular complexity index is 1170. The third kappa shape index (κ3) is 2.45. The van der Waals surface area contributed by atoms with Crippen LogP contribution in [0.1, 0.15) is 44.4 Å². The van der Waals surface area contributed by atoms with Crippen molar-refractivity contribution in [3.63, 3.8) is 0 Å². The summed E-state index contributed by atoms with van der Waals surface area (Å²) in [6.07, 6.45) is 0. The van der Waals surface area contributed by atoms with Crippen molar-refractivity contribution in [2.24, 2.45) is 4.99 Å². The van der Waals surface area contributed by atoms with Gasteiger partial charge in [-0.3, -0.25) is 9.79 Å². The van der Waals surface area contributed by atoms with Crippen LogP contribution in [-0.2, 0) is 5.41 Å². The van der Waals surface area contributed by atoms with Crippen molar-refractivity contribution in [3.8, 4) is 0 Å². The molecule has 1 aliphatic rings. The molecule has 0 fully saturated rings. The Morgan fingerprint density at radius 2 is 1.59 bits per heavy atom. The second-order valence-electron chi connectivity index (χ2n) is 8.02. The van der Waals surface area contributed by atoms with Crippen molar-refractivity contribution in [2.45, 2.75) is 38.6 Å². The van der Waals surface area contributed by atoms with Crippen LogP contribution in [0.3, 0.4) is 0 Å². The number of hydrogen-bond acceptors (Lipinski definition) is 2. The molecule has 0 radical (unpaired) electrons. The van der Waals surface area contributed by atoms with E-state index in [0.29, 0.717) is 27.8 Å². The minimum atomic E-state index is -0.638. The summed E-state index contributed by atoms with van der Waals surface area (Å²) in [5, 5.41) is 0.563. The SMILES string of the molecule is CC1(C)N=C(c2cc3cccc(F)c3[nH]c2=O)c2cccc(F)c2C1(C)C. The number of hydrogen-bond donors (Lipinski definition) is 1. The Kier molecular flexibility index (Phi) is 3.64. The minimum absolute atomic E-state index is 0.154. The first kappa shape index (κ1) is 17.6. The second-order valence-corrected chi connectivity index (χ2v) is 8.02. The molecule has 0 spiro atoms. The zero-order valence-corrected chi connectivity index (χ0v) is 15.7. The maximum atomic E-state index is 14.8. The Morgan fingerprint density at radius 1 is 0.926 bits per heavy atom. The second kappa shape index (κ2) is 5.59. The highest BCUT2D eigenvalue weighted by Crippen LogP contribution is 2.44. The number of para-hydroxylation sites is 1. The van der Waals surface area contributed by atoms with Crippen LogP contribution in [-0.4, -0.2) is 16.2 Å². The van der Waals surface area contributed by atoms with Crippen LogP contribution in [0.2, 0.25) is 0 Å². The van der Waals surface area contributed by atoms with E-state index in [0.717, 1.165) is 0 Å². The van der Waals surface area contributed by atoms with E-state index in [1.807, 2.05) is 27.7 Å². The Hall–Kier alpha value is -2.82. The summed E-state index contributed by atoms with van der Waals surface area (Å²) in [7, 11) is 0. The lowest BCUT2D eigenvalue weighted by molar-refractivity contribution is 0.293. The van der Waals surface area contributed by atoms with Crippen LogP contribution < -0.4 is 5.56 Å². The largest absolute Gasteiger partial charge is 0.319 e. The van der Waals surface area contributed by atoms with Crippen molar-refractivity contribution < 1.29 is 8.78 Å². The summed E-state index contributed by atoms with van der Waals surface area (Å²) in [5.74, 6) is -0.809. The van der Waals surface area contributed by atoms with E-state index in [2.05, 4.69) is 4.98 Å². The molecule has 1 N–H and O–H groups in total. The van der Waals surface area contributed by atoms with Gasteiger partial charge in [0.25, 0.3) is 5.56 Å². The number of fused-ring (bicyclic) bond motifs is 2. The molecule has 3 nitrogen and oxygen atoms in total. The number of aromatic nitrogens is 1. The Balaban J connectivity index is 2.07. The zero-order valence-electron chi connectivity index (χ0n) is 15.7. The lowest BCUT2D eigenvalue weighted by atomic mass is 9.65. The quantitative estimate of drug-likeness (QED) is 0.666. The molecule has 4 rings (SSSR count). The van der Waals surface area contributed by atoms with Crippen molar-refractivity contribution in [3.05, 3.63) is 81.1 Å². The van der Waals surface area contributed by atoms with Crippen molar-refractivity contribution >= 4 is 16.6 Å². The molecule has 0 aliphatic carbocycles. The van der Waals surface area contributed by atoms with Gasteiger partial charge in [0.1, 0.15) is 11.6 Å². The van der Waals surface area contributed by atoms with Gasteiger partial charge in [0, 0.05) is 21.9 Å². The van der Waals surface area contributed by atoms with Crippen LogP contribution in [0.4, 0.5) is 8.78 Å². The highest BCUT2D eigenvalue weighted by atomic mass is 19.1. The summed E-state index contributed by atoms with van der Waals surface area (Å²) >= 11 is 0. The van der Waals surface area contributed by atoms with E-state index >= 15 is 0 Å². The third-order valence-electron chi connectivity index (χ3n) is 5.90. The molecule has 5 heteroatoms. The number of rotatable bonds is 1. The van der Waals surface area contributed by atoms with Gasteiger partial charge < -0.3 is 4.98 Å². The number of nitrogens with one attached hydrogen (secondary N) is 1. The van der Waals surface area contributed by atoms with Gasteiger partial charge in [0.2, 0.25) is 0 Å². The van der Waals surface area contributed by atoms with E-state index in [-0.39, 0.29) is 11.3 Å². The number of nitrogens with zero attached hydrogens (tertiary/aromatic N) is 1. The molecule has 1 aromatic heterocycles. The molecular weight excluding hydrogens is 346 g/mol. The van der Waals surface area contributed by atoms with Gasteiger partial charge in [-0.05, 0) is 32.0 Å². The lowest BCUT2D eigenvalue weighted by Crippen LogP contribution is -2.47. The smallest absolute Gasteiger partial charge is 0.257 e. The standard InChI is InChI=1S/C22H20F2N2O/c1-21(2)17-13(8-6-9-15(17)23)19(26-22(21,3)4)14-11-12-7-5-10-16(24)18(12)25-20(14)27/h5-11H,1-4H3,(H,25,27). The molecule has 2 aromatic carbocycles. The van der Waals surface area contributed by atoms with Gasteiger partial charge >= 0.3 is 0 Å². The van der Waals surface area contributed by atoms with Gasteiger partial charge in [0.15, 0.2) is 0 Å². The number of H-pyrrole nitrogens is 1. The first-order chi connectivity index (χ1) is 12.6. The van der Waals surface area contributed by atoms with Crippen LogP contribution in [0.15, 0.2) is 52.3 Å². The fourth-order valence-corrected chi connectivity index (χ4v) is 3.72. The average Bonchev–Trinajstić information content (AvgIpc) is 2.59. The molecule has 27 heavy (non-hydrogen) atoms. The highest BCUT2D eigenvalue weighted by Gasteiger charge is 2.45. The molecule has 0 saturated heterocycles. The van der Waals surface area contributed by atoms with Gasteiger partial charge in [-0.1, -0.05) is 38.1 Å². The van der Waals surface area contributed by atoms with E-state index in [4.69, 9.17) is 4.99 Å². The summed E-state index contributed by atoms with van der Waals surface area (Å²) in [6.45, 7) is 7.76. The van der Waals surface area contributed by atoms with Gasteiger partial charge in [-0.15, -0.1) is 0 Å². The maximum absolute atomic E-state index is 14.8. The van der Waals surface area contributed by atoms with E-state index in [9.17, 15) is 13.6 Å². The van der Waals surface area contributed by atoms with Crippen LogP contribution in [0.5, 0.6) is 0 Å². The Morgan fingerprint density at radius 3 is 2.33 bits per heavy atom. The first-order valence-corrected chi connectivity index (χ1v) is 8.84. The number of benzene rings is 2. The summed E-state index contributed by atoms with van der Waals surface area (Å²) < 4.78 is 28.8. The van der Waals surface area contributed by atoms with Crippen molar-refractivity contribution in [1.82, 2.24) is 4.98 Å². The normalized spacial score (nSPS) is 17.5. The summed E-state index contributed by atoms with van der Waals surface area (Å²) in [6, 6.07) is 11.1. The average molecular weight is 366 g/mol. The number of halogens is 2. The monoisotopic (exact) mass is 366 g/mol. The van der Waals surface area contributed by atoms with E-state index in [1.165, 1.54) is 12.1 Å². The molecule has 2 heterocycles. The van der Waals surface area contributed by atoms with Crippen molar-refractivity contribution in [2.75, 3.05) is 0 Å². The number of aromatic amines is 1. The molecule has 0 atom stereocenters. The molecule has 1 aliphatic heterocycles. The third-order valence-corrected chi connectivity index (χ3v) is 5.90. The van der Waals surface area contributed by atoms with Crippen LogP contribution >= 0.6 is 0 Å². The molecule has 0 unspecified atom stereocenters. The predicted octanol–water partition coefficient (Wildman–Crippen LogP) is 4.71. The predicted molar refractivity (Wildman–Crippen MR) is 104 cm³/mol. The maximum Gasteiger partial charge on any atom is 0.257 e. The van der Waals surface area contributed by atoms with Crippen molar-refractivity contribution in [1.29, 1.82) is 0 Å². The van der Waals surface area contributed by atoms with Crippen LogP contribution in [0.25, 0.3) is 10.9 Å². The molecule has 0 saturated carbocycles. The minimum Gasteiger partial charge on any atom is -0.319 e. The topological polar surface area (TPSA) is 45.2 Å². The summed E-state index contributed by atoms with van der Waals surface area (Å²) in [5.41, 5.74) is 0.385. The first-order valence-electron chi connectivity index (χ1n) is 8.84. The number of aliphatic imine (C=N–C) groups is 1.